The second-order valence-electron chi connectivity index (χ2n) is 3.05. The molecule has 0 aliphatic rings. The fourth-order valence-corrected chi connectivity index (χ4v) is 1.45. The predicted octanol–water partition coefficient (Wildman–Crippen LogP) is 2.67. The van der Waals surface area contributed by atoms with E-state index in [-0.39, 0.29) is 5.75 Å². The molecular weight excluding hydrogens is 180 g/mol. The van der Waals surface area contributed by atoms with Gasteiger partial charge in [-0.05, 0) is 19.1 Å². The molecule has 0 radical (unpaired) electrons. The van der Waals surface area contributed by atoms with E-state index in [1.165, 1.54) is 0 Å². The maximum absolute atomic E-state index is 9.62. The van der Waals surface area contributed by atoms with Crippen LogP contribution < -0.4 is 0 Å². The van der Waals surface area contributed by atoms with Gasteiger partial charge < -0.3 is 14.3 Å². The van der Waals surface area contributed by atoms with Crippen molar-refractivity contribution in [3.8, 4) is 5.75 Å². The molecule has 0 atom stereocenters. The average Bonchev–Trinajstić information content (AvgIpc) is 2.59. The van der Waals surface area contributed by atoms with Crippen LogP contribution in [0.25, 0.3) is 11.0 Å². The fraction of sp³-hybridized carbons (Fsp3) is 0.273. The largest absolute Gasteiger partial charge is 0.507 e. The highest BCUT2D eigenvalue weighted by Crippen LogP contribution is 2.29. The first-order valence-corrected chi connectivity index (χ1v) is 4.58. The van der Waals surface area contributed by atoms with Crippen molar-refractivity contribution in [1.29, 1.82) is 0 Å². The van der Waals surface area contributed by atoms with Crippen LogP contribution in [0.1, 0.15) is 12.5 Å². The highest BCUT2D eigenvalue weighted by Gasteiger charge is 2.09. The Labute approximate surface area is 81.9 Å². The number of phenols is 1. The molecule has 0 saturated heterocycles. The minimum atomic E-state index is 0.242. The van der Waals surface area contributed by atoms with Gasteiger partial charge in [-0.25, -0.2) is 0 Å². The Morgan fingerprint density at radius 3 is 3.07 bits per heavy atom. The Balaban J connectivity index is 2.45. The van der Waals surface area contributed by atoms with Crippen LogP contribution in [0.4, 0.5) is 0 Å². The van der Waals surface area contributed by atoms with Crippen LogP contribution in [0, 0.1) is 0 Å². The normalized spacial score (nSPS) is 10.9. The molecule has 2 aromatic rings. The number of furan rings is 1. The number of hydrogen-bond acceptors (Lipinski definition) is 3. The molecule has 2 rings (SSSR count). The van der Waals surface area contributed by atoms with Crippen LogP contribution in [-0.2, 0) is 11.3 Å². The van der Waals surface area contributed by atoms with Gasteiger partial charge in [-0.2, -0.15) is 0 Å². The maximum Gasteiger partial charge on any atom is 0.137 e. The van der Waals surface area contributed by atoms with Crippen LogP contribution in [-0.4, -0.2) is 11.7 Å². The third-order valence-corrected chi connectivity index (χ3v) is 2.12. The Bertz CT molecular complexity index is 431. The quantitative estimate of drug-likeness (QED) is 0.812. The van der Waals surface area contributed by atoms with Crippen LogP contribution in [0.15, 0.2) is 28.9 Å². The highest BCUT2D eigenvalue weighted by atomic mass is 16.5. The van der Waals surface area contributed by atoms with Crippen LogP contribution in [0.2, 0.25) is 0 Å². The summed E-state index contributed by atoms with van der Waals surface area (Å²) in [7, 11) is 0. The average molecular weight is 192 g/mol. The summed E-state index contributed by atoms with van der Waals surface area (Å²) in [6.07, 6.45) is 1.63. The molecular formula is C11H12O3. The van der Waals surface area contributed by atoms with E-state index >= 15 is 0 Å². The lowest BCUT2D eigenvalue weighted by molar-refractivity contribution is 0.134. The van der Waals surface area contributed by atoms with Gasteiger partial charge >= 0.3 is 0 Å². The first-order chi connectivity index (χ1) is 6.83. The van der Waals surface area contributed by atoms with Crippen LogP contribution in [0.5, 0.6) is 5.75 Å². The molecule has 0 saturated carbocycles. The minimum absolute atomic E-state index is 0.242. The van der Waals surface area contributed by atoms with Crippen LogP contribution >= 0.6 is 0 Å². The summed E-state index contributed by atoms with van der Waals surface area (Å²) in [4.78, 5) is 0. The molecule has 0 bridgehead atoms. The second-order valence-corrected chi connectivity index (χ2v) is 3.05. The molecule has 3 nitrogen and oxygen atoms in total. The van der Waals surface area contributed by atoms with E-state index in [9.17, 15) is 5.11 Å². The van der Waals surface area contributed by atoms with E-state index in [1.54, 1.807) is 18.4 Å². The van der Waals surface area contributed by atoms with E-state index in [4.69, 9.17) is 9.15 Å². The molecule has 0 fully saturated rings. The van der Waals surface area contributed by atoms with Gasteiger partial charge in [0.25, 0.3) is 0 Å². The molecule has 14 heavy (non-hydrogen) atoms. The highest BCUT2D eigenvalue weighted by molar-refractivity contribution is 5.86. The number of ether oxygens (including phenoxy) is 1. The van der Waals surface area contributed by atoms with E-state index in [2.05, 4.69) is 0 Å². The molecule has 1 aromatic carbocycles. The van der Waals surface area contributed by atoms with Gasteiger partial charge in [0.15, 0.2) is 0 Å². The Morgan fingerprint density at radius 2 is 2.29 bits per heavy atom. The van der Waals surface area contributed by atoms with Crippen molar-refractivity contribution in [1.82, 2.24) is 0 Å². The maximum atomic E-state index is 9.62. The Kier molecular flexibility index (Phi) is 2.41. The zero-order valence-electron chi connectivity index (χ0n) is 7.99. The molecule has 0 aliphatic carbocycles. The first kappa shape index (κ1) is 9.09. The van der Waals surface area contributed by atoms with Crippen molar-refractivity contribution in [3.63, 3.8) is 0 Å². The summed E-state index contributed by atoms with van der Waals surface area (Å²) < 4.78 is 10.6. The summed E-state index contributed by atoms with van der Waals surface area (Å²) in [5.74, 6) is 0.242. The lowest BCUT2D eigenvalue weighted by Gasteiger charge is -1.99. The summed E-state index contributed by atoms with van der Waals surface area (Å²) in [5, 5.41) is 10.4. The topological polar surface area (TPSA) is 42.6 Å². The van der Waals surface area contributed by atoms with E-state index in [0.717, 1.165) is 10.9 Å². The Morgan fingerprint density at radius 1 is 1.43 bits per heavy atom. The van der Waals surface area contributed by atoms with E-state index < -0.39 is 0 Å². The zero-order valence-corrected chi connectivity index (χ0v) is 7.99. The van der Waals surface area contributed by atoms with Gasteiger partial charge in [0, 0.05) is 12.2 Å². The van der Waals surface area contributed by atoms with Gasteiger partial charge in [-0.15, -0.1) is 0 Å². The SMILES string of the molecule is CCOCc1coc2cccc(O)c12. The van der Waals surface area contributed by atoms with Crippen molar-refractivity contribution in [2.45, 2.75) is 13.5 Å². The molecule has 0 unspecified atom stereocenters. The fourth-order valence-electron chi connectivity index (χ4n) is 1.45. The monoisotopic (exact) mass is 192 g/mol. The predicted molar refractivity (Wildman–Crippen MR) is 53.2 cm³/mol. The smallest absolute Gasteiger partial charge is 0.137 e. The number of benzene rings is 1. The zero-order chi connectivity index (χ0) is 9.97. The van der Waals surface area contributed by atoms with Gasteiger partial charge in [-0.3, -0.25) is 0 Å². The van der Waals surface area contributed by atoms with E-state index in [1.807, 2.05) is 13.0 Å². The summed E-state index contributed by atoms with van der Waals surface area (Å²) in [5.41, 5.74) is 1.58. The lowest BCUT2D eigenvalue weighted by atomic mass is 10.1. The first-order valence-electron chi connectivity index (χ1n) is 4.58. The number of aromatic hydroxyl groups is 1. The van der Waals surface area contributed by atoms with Gasteiger partial charge in [0.1, 0.15) is 11.3 Å². The standard InChI is InChI=1S/C11H12O3/c1-2-13-6-8-7-14-10-5-3-4-9(12)11(8)10/h3-5,7,12H,2,6H2,1H3. The van der Waals surface area contributed by atoms with Crippen molar-refractivity contribution >= 4 is 11.0 Å². The molecule has 0 spiro atoms. The van der Waals surface area contributed by atoms with Crippen molar-refractivity contribution in [2.24, 2.45) is 0 Å². The molecule has 1 heterocycles. The number of rotatable bonds is 3. The summed E-state index contributed by atoms with van der Waals surface area (Å²) >= 11 is 0. The Hall–Kier alpha value is -1.48. The summed E-state index contributed by atoms with van der Waals surface area (Å²) in [6.45, 7) is 3.06. The number of phenolic OH excluding ortho intramolecular Hbond substituents is 1. The molecule has 1 N–H and O–H groups in total. The summed E-state index contributed by atoms with van der Waals surface area (Å²) in [6, 6.07) is 5.23. The molecule has 3 heteroatoms. The van der Waals surface area contributed by atoms with Crippen molar-refractivity contribution in [2.75, 3.05) is 6.61 Å². The molecule has 0 aliphatic heterocycles. The minimum Gasteiger partial charge on any atom is -0.507 e. The second kappa shape index (κ2) is 3.72. The third kappa shape index (κ3) is 1.46. The van der Waals surface area contributed by atoms with Crippen molar-refractivity contribution in [3.05, 3.63) is 30.0 Å². The van der Waals surface area contributed by atoms with E-state index in [0.29, 0.717) is 18.8 Å². The number of hydrogen-bond donors (Lipinski definition) is 1. The van der Waals surface area contributed by atoms with Gasteiger partial charge in [0.05, 0.1) is 18.3 Å². The van der Waals surface area contributed by atoms with Gasteiger partial charge in [-0.1, -0.05) is 6.07 Å². The molecule has 74 valence electrons. The third-order valence-electron chi connectivity index (χ3n) is 2.12. The molecule has 1 aromatic heterocycles. The number of fused-ring (bicyclic) bond motifs is 1. The van der Waals surface area contributed by atoms with Crippen molar-refractivity contribution < 1.29 is 14.3 Å². The molecule has 0 amide bonds. The van der Waals surface area contributed by atoms with Crippen LogP contribution in [0.3, 0.4) is 0 Å². The lowest BCUT2D eigenvalue weighted by Crippen LogP contribution is -1.89. The van der Waals surface area contributed by atoms with Gasteiger partial charge in [0.2, 0.25) is 0 Å².